The first-order valence-electron chi connectivity index (χ1n) is 7.64. The summed E-state index contributed by atoms with van der Waals surface area (Å²) in [5, 5.41) is 7.77. The van der Waals surface area contributed by atoms with E-state index in [1.54, 1.807) is 12.1 Å². The average molecular weight is 382 g/mol. The molecule has 0 bridgehead atoms. The zero-order valence-corrected chi connectivity index (χ0v) is 14.3. The van der Waals surface area contributed by atoms with Crippen molar-refractivity contribution in [2.45, 2.75) is 25.7 Å². The van der Waals surface area contributed by atoms with Crippen molar-refractivity contribution in [2.24, 2.45) is 5.92 Å². The summed E-state index contributed by atoms with van der Waals surface area (Å²) in [6.07, 6.45) is 3.92. The Labute approximate surface area is 143 Å². The van der Waals surface area contributed by atoms with E-state index in [0.29, 0.717) is 5.69 Å². The molecule has 1 aliphatic carbocycles. The molecule has 1 aromatic carbocycles. The number of carbonyl (C=O) groups excluding carboxylic acids is 3. The quantitative estimate of drug-likeness (QED) is 0.701. The third-order valence-electron chi connectivity index (χ3n) is 3.72. The monoisotopic (exact) mass is 381 g/mol. The van der Waals surface area contributed by atoms with Crippen molar-refractivity contribution in [1.29, 1.82) is 0 Å². The molecule has 1 saturated carbocycles. The molecule has 0 heterocycles. The lowest BCUT2D eigenvalue weighted by Gasteiger charge is -2.10. The van der Waals surface area contributed by atoms with Gasteiger partial charge in [-0.25, -0.2) is 0 Å². The van der Waals surface area contributed by atoms with Gasteiger partial charge in [-0.05, 0) is 37.1 Å². The highest BCUT2D eigenvalue weighted by Crippen LogP contribution is 2.24. The third kappa shape index (κ3) is 6.02. The van der Waals surface area contributed by atoms with Crippen molar-refractivity contribution in [2.75, 3.05) is 18.4 Å². The van der Waals surface area contributed by atoms with Crippen molar-refractivity contribution in [3.63, 3.8) is 0 Å². The van der Waals surface area contributed by atoms with Gasteiger partial charge in [0, 0.05) is 16.1 Å². The lowest BCUT2D eigenvalue weighted by Crippen LogP contribution is -2.41. The van der Waals surface area contributed by atoms with Gasteiger partial charge >= 0.3 is 0 Å². The highest BCUT2D eigenvalue weighted by Gasteiger charge is 2.22. The standard InChI is InChI=1S/C16H20BrN3O3/c17-12-5-7-13(8-6-12)20-15(22)10-18-14(21)9-19-16(23)11-3-1-2-4-11/h5-8,11H,1-4,9-10H2,(H,18,21)(H,19,23)(H,20,22). The molecule has 3 N–H and O–H groups in total. The first-order chi connectivity index (χ1) is 11.0. The number of halogens is 1. The van der Waals surface area contributed by atoms with Crippen LogP contribution in [0.25, 0.3) is 0 Å². The summed E-state index contributed by atoms with van der Waals surface area (Å²) in [6, 6.07) is 7.14. The van der Waals surface area contributed by atoms with Crippen LogP contribution in [-0.4, -0.2) is 30.8 Å². The summed E-state index contributed by atoms with van der Waals surface area (Å²) < 4.78 is 0.918. The number of nitrogens with one attached hydrogen (secondary N) is 3. The maximum Gasteiger partial charge on any atom is 0.243 e. The van der Waals surface area contributed by atoms with E-state index in [0.717, 1.165) is 30.2 Å². The summed E-state index contributed by atoms with van der Waals surface area (Å²) in [5.74, 6) is -0.731. The van der Waals surface area contributed by atoms with E-state index >= 15 is 0 Å². The van der Waals surface area contributed by atoms with Gasteiger partial charge in [-0.3, -0.25) is 14.4 Å². The number of carbonyl (C=O) groups is 3. The Bertz CT molecular complexity index is 568. The molecule has 6 nitrogen and oxygen atoms in total. The Hall–Kier alpha value is -1.89. The van der Waals surface area contributed by atoms with Gasteiger partial charge in [-0.1, -0.05) is 28.8 Å². The van der Waals surface area contributed by atoms with Crippen LogP contribution in [0.15, 0.2) is 28.7 Å². The molecule has 1 fully saturated rings. The number of rotatable bonds is 6. The molecule has 0 saturated heterocycles. The molecule has 0 atom stereocenters. The van der Waals surface area contributed by atoms with Crippen LogP contribution in [0.4, 0.5) is 5.69 Å². The van der Waals surface area contributed by atoms with Crippen LogP contribution in [0.3, 0.4) is 0 Å². The van der Waals surface area contributed by atoms with E-state index in [9.17, 15) is 14.4 Å². The Morgan fingerprint density at radius 1 is 0.957 bits per heavy atom. The maximum atomic E-state index is 11.8. The van der Waals surface area contributed by atoms with E-state index in [-0.39, 0.29) is 36.7 Å². The van der Waals surface area contributed by atoms with Gasteiger partial charge in [0.1, 0.15) is 0 Å². The van der Waals surface area contributed by atoms with Crippen LogP contribution >= 0.6 is 15.9 Å². The number of anilines is 1. The van der Waals surface area contributed by atoms with Crippen molar-refractivity contribution < 1.29 is 14.4 Å². The molecule has 1 aliphatic rings. The first-order valence-corrected chi connectivity index (χ1v) is 8.44. The van der Waals surface area contributed by atoms with Gasteiger partial charge in [0.2, 0.25) is 17.7 Å². The summed E-state index contributed by atoms with van der Waals surface area (Å²) in [7, 11) is 0. The van der Waals surface area contributed by atoms with Crippen LogP contribution in [-0.2, 0) is 14.4 Å². The van der Waals surface area contributed by atoms with Crippen molar-refractivity contribution >= 4 is 39.3 Å². The van der Waals surface area contributed by atoms with Crippen LogP contribution in [0.1, 0.15) is 25.7 Å². The fourth-order valence-electron chi connectivity index (χ4n) is 2.48. The number of amides is 3. The van der Waals surface area contributed by atoms with Crippen LogP contribution in [0.5, 0.6) is 0 Å². The molecular weight excluding hydrogens is 362 g/mol. The predicted molar refractivity (Wildman–Crippen MR) is 90.7 cm³/mol. The van der Waals surface area contributed by atoms with Crippen LogP contribution in [0, 0.1) is 5.92 Å². The average Bonchev–Trinajstić information content (AvgIpc) is 3.07. The SMILES string of the molecule is O=C(CNC(=O)C1CCCC1)NCC(=O)Nc1ccc(Br)cc1. The zero-order valence-electron chi connectivity index (χ0n) is 12.7. The first kappa shape index (κ1) is 17.5. The summed E-state index contributed by atoms with van der Waals surface area (Å²) >= 11 is 3.31. The van der Waals surface area contributed by atoms with E-state index in [2.05, 4.69) is 31.9 Å². The minimum Gasteiger partial charge on any atom is -0.347 e. The van der Waals surface area contributed by atoms with Gasteiger partial charge in [-0.2, -0.15) is 0 Å². The fraction of sp³-hybridized carbons (Fsp3) is 0.438. The lowest BCUT2D eigenvalue weighted by atomic mass is 10.1. The number of hydrogen-bond donors (Lipinski definition) is 3. The number of benzene rings is 1. The topological polar surface area (TPSA) is 87.3 Å². The molecule has 7 heteroatoms. The summed E-state index contributed by atoms with van der Waals surface area (Å²) in [6.45, 7) is -0.227. The fourth-order valence-corrected chi connectivity index (χ4v) is 2.74. The minimum atomic E-state index is -0.373. The molecular formula is C16H20BrN3O3. The second-order valence-electron chi connectivity index (χ2n) is 5.53. The van der Waals surface area contributed by atoms with Gasteiger partial charge < -0.3 is 16.0 Å². The Balaban J connectivity index is 1.64. The number of hydrogen-bond acceptors (Lipinski definition) is 3. The molecule has 124 valence electrons. The van der Waals surface area contributed by atoms with Crippen LogP contribution < -0.4 is 16.0 Å². The van der Waals surface area contributed by atoms with Gasteiger partial charge in [-0.15, -0.1) is 0 Å². The van der Waals surface area contributed by atoms with Crippen molar-refractivity contribution in [3.05, 3.63) is 28.7 Å². The second-order valence-corrected chi connectivity index (χ2v) is 6.45. The highest BCUT2D eigenvalue weighted by atomic mass is 79.9. The lowest BCUT2D eigenvalue weighted by molar-refractivity contribution is -0.128. The van der Waals surface area contributed by atoms with Crippen LogP contribution in [0.2, 0.25) is 0 Å². The minimum absolute atomic E-state index is 0.0310. The maximum absolute atomic E-state index is 11.8. The Morgan fingerprint density at radius 2 is 1.57 bits per heavy atom. The molecule has 0 unspecified atom stereocenters. The van der Waals surface area contributed by atoms with E-state index < -0.39 is 0 Å². The normalized spacial score (nSPS) is 14.3. The molecule has 0 aromatic heterocycles. The highest BCUT2D eigenvalue weighted by molar-refractivity contribution is 9.10. The summed E-state index contributed by atoms with van der Waals surface area (Å²) in [4.78, 5) is 35.2. The van der Waals surface area contributed by atoms with Crippen molar-refractivity contribution in [1.82, 2.24) is 10.6 Å². The van der Waals surface area contributed by atoms with E-state index in [1.807, 2.05) is 12.1 Å². The smallest absolute Gasteiger partial charge is 0.243 e. The molecule has 0 aliphatic heterocycles. The van der Waals surface area contributed by atoms with Crippen molar-refractivity contribution in [3.8, 4) is 0 Å². The predicted octanol–water partition coefficient (Wildman–Crippen LogP) is 1.81. The molecule has 0 spiro atoms. The van der Waals surface area contributed by atoms with Gasteiger partial charge in [0.15, 0.2) is 0 Å². The molecule has 3 amide bonds. The molecule has 0 radical (unpaired) electrons. The Kier molecular flexibility index (Phi) is 6.58. The van der Waals surface area contributed by atoms with E-state index in [4.69, 9.17) is 0 Å². The third-order valence-corrected chi connectivity index (χ3v) is 4.25. The van der Waals surface area contributed by atoms with Gasteiger partial charge in [0.25, 0.3) is 0 Å². The molecule has 1 aromatic rings. The van der Waals surface area contributed by atoms with Gasteiger partial charge in [0.05, 0.1) is 13.1 Å². The summed E-state index contributed by atoms with van der Waals surface area (Å²) in [5.41, 5.74) is 0.655. The second kappa shape index (κ2) is 8.67. The Morgan fingerprint density at radius 3 is 2.22 bits per heavy atom. The van der Waals surface area contributed by atoms with E-state index in [1.165, 1.54) is 0 Å². The molecule has 2 rings (SSSR count). The largest absolute Gasteiger partial charge is 0.347 e. The molecule has 23 heavy (non-hydrogen) atoms. The zero-order chi connectivity index (χ0) is 16.7.